The lowest BCUT2D eigenvalue weighted by Crippen LogP contribution is -2.32. The van der Waals surface area contributed by atoms with Gasteiger partial charge in [-0.15, -0.1) is 0 Å². The van der Waals surface area contributed by atoms with E-state index in [1.807, 2.05) is 23.1 Å². The first kappa shape index (κ1) is 22.4. The maximum atomic E-state index is 13.5. The molecule has 2 aromatic carbocycles. The third-order valence-corrected chi connectivity index (χ3v) is 7.12. The van der Waals surface area contributed by atoms with Crippen LogP contribution in [0.5, 0.6) is 0 Å². The van der Waals surface area contributed by atoms with Crippen LogP contribution in [0.25, 0.3) is 0 Å². The van der Waals surface area contributed by atoms with E-state index in [9.17, 15) is 17.6 Å². The number of alkyl halides is 1. The number of likely N-dealkylation sites (tertiary alicyclic amines) is 1. The molecule has 1 heterocycles. The fourth-order valence-electron chi connectivity index (χ4n) is 3.62. The average molecular weight is 435 g/mol. The fraction of sp³-hybridized carbons (Fsp3) is 0.409. The van der Waals surface area contributed by atoms with Crippen LogP contribution in [0.3, 0.4) is 0 Å². The first-order valence-corrected chi connectivity index (χ1v) is 11.5. The van der Waals surface area contributed by atoms with Crippen molar-refractivity contribution in [3.05, 3.63) is 71.3 Å². The Morgan fingerprint density at radius 1 is 1.20 bits per heavy atom. The molecule has 1 fully saturated rings. The number of benzene rings is 2. The van der Waals surface area contributed by atoms with Crippen LogP contribution in [-0.2, 0) is 21.3 Å². The van der Waals surface area contributed by atoms with Gasteiger partial charge in [0, 0.05) is 19.6 Å². The molecule has 2 atom stereocenters. The van der Waals surface area contributed by atoms with Crippen molar-refractivity contribution in [3.63, 3.8) is 0 Å². The number of nitrogens with zero attached hydrogens (tertiary/aromatic N) is 1. The summed E-state index contributed by atoms with van der Waals surface area (Å²) in [6.45, 7) is 1.66. The van der Waals surface area contributed by atoms with Crippen LogP contribution in [0, 0.1) is 0 Å². The number of methoxy groups -OCH3 is 1. The van der Waals surface area contributed by atoms with Gasteiger partial charge in [-0.25, -0.2) is 22.3 Å². The molecule has 0 amide bonds. The lowest BCUT2D eigenvalue weighted by molar-refractivity contribution is 0.0600. The maximum absolute atomic E-state index is 13.5. The SMILES string of the molecule is COC(=O)c1ccc(CNS(=O)(=O)[C@H](CCN2CC[C@@H](F)C2)c2ccccc2)cc1. The number of hydrogen-bond acceptors (Lipinski definition) is 5. The van der Waals surface area contributed by atoms with Crippen molar-refractivity contribution >= 4 is 16.0 Å². The zero-order valence-electron chi connectivity index (χ0n) is 17.0. The van der Waals surface area contributed by atoms with Crippen molar-refractivity contribution in [3.8, 4) is 0 Å². The van der Waals surface area contributed by atoms with E-state index in [1.54, 1.807) is 36.4 Å². The largest absolute Gasteiger partial charge is 0.465 e. The van der Waals surface area contributed by atoms with E-state index in [2.05, 4.69) is 9.46 Å². The molecule has 0 bridgehead atoms. The predicted octanol–water partition coefficient (Wildman–Crippen LogP) is 3.07. The second-order valence-corrected chi connectivity index (χ2v) is 9.38. The summed E-state index contributed by atoms with van der Waals surface area (Å²) in [6, 6.07) is 15.7. The fourth-order valence-corrected chi connectivity index (χ4v) is 5.12. The van der Waals surface area contributed by atoms with Gasteiger partial charge in [0.15, 0.2) is 0 Å². The molecule has 0 unspecified atom stereocenters. The third kappa shape index (κ3) is 5.87. The van der Waals surface area contributed by atoms with Crippen LogP contribution >= 0.6 is 0 Å². The standard InChI is InChI=1S/C22H27FN2O4S/c1-29-22(26)19-9-7-17(8-10-19)15-24-30(27,28)21(18-5-3-2-4-6-18)12-14-25-13-11-20(23)16-25/h2-10,20-21,24H,11-16H2,1H3/t20-,21-/m1/s1. The highest BCUT2D eigenvalue weighted by atomic mass is 32.2. The number of halogens is 1. The Labute approximate surface area is 177 Å². The van der Waals surface area contributed by atoms with Gasteiger partial charge in [0.2, 0.25) is 10.0 Å². The molecule has 1 aliphatic rings. The monoisotopic (exact) mass is 434 g/mol. The summed E-state index contributed by atoms with van der Waals surface area (Å²) >= 11 is 0. The molecule has 1 N–H and O–H groups in total. The Morgan fingerprint density at radius 2 is 1.90 bits per heavy atom. The molecule has 162 valence electrons. The number of hydrogen-bond donors (Lipinski definition) is 1. The molecule has 0 spiro atoms. The van der Waals surface area contributed by atoms with Crippen LogP contribution in [0.1, 0.15) is 39.6 Å². The molecule has 1 aliphatic heterocycles. The third-order valence-electron chi connectivity index (χ3n) is 5.32. The minimum absolute atomic E-state index is 0.114. The normalized spacial score (nSPS) is 18.3. The lowest BCUT2D eigenvalue weighted by Gasteiger charge is -2.22. The molecule has 8 heteroatoms. The van der Waals surface area contributed by atoms with Crippen LogP contribution < -0.4 is 4.72 Å². The molecule has 0 saturated carbocycles. The summed E-state index contributed by atoms with van der Waals surface area (Å²) in [4.78, 5) is 13.5. The van der Waals surface area contributed by atoms with Crippen molar-refractivity contribution in [1.29, 1.82) is 0 Å². The van der Waals surface area contributed by atoms with E-state index < -0.39 is 27.4 Å². The molecule has 30 heavy (non-hydrogen) atoms. The number of rotatable bonds is 9. The summed E-state index contributed by atoms with van der Waals surface area (Å²) in [7, 11) is -2.36. The van der Waals surface area contributed by atoms with Gasteiger partial charge in [0.25, 0.3) is 0 Å². The maximum Gasteiger partial charge on any atom is 0.337 e. The van der Waals surface area contributed by atoms with Gasteiger partial charge in [-0.1, -0.05) is 42.5 Å². The summed E-state index contributed by atoms with van der Waals surface area (Å²) in [5.74, 6) is -0.441. The molecule has 3 rings (SSSR count). The first-order chi connectivity index (χ1) is 14.4. The molecule has 6 nitrogen and oxygen atoms in total. The Hall–Kier alpha value is -2.29. The summed E-state index contributed by atoms with van der Waals surface area (Å²) in [5, 5.41) is -0.730. The number of nitrogens with one attached hydrogen (secondary N) is 1. The van der Waals surface area contributed by atoms with E-state index in [-0.39, 0.29) is 6.54 Å². The predicted molar refractivity (Wildman–Crippen MR) is 113 cm³/mol. The second-order valence-electron chi connectivity index (χ2n) is 7.43. The van der Waals surface area contributed by atoms with E-state index in [1.165, 1.54) is 7.11 Å². The highest BCUT2D eigenvalue weighted by Crippen LogP contribution is 2.27. The molecule has 0 aromatic heterocycles. The average Bonchev–Trinajstić information content (AvgIpc) is 3.18. The zero-order valence-corrected chi connectivity index (χ0v) is 17.8. The van der Waals surface area contributed by atoms with Crippen LogP contribution in [0.4, 0.5) is 4.39 Å². The van der Waals surface area contributed by atoms with Crippen molar-refractivity contribution in [2.45, 2.75) is 30.8 Å². The van der Waals surface area contributed by atoms with Crippen LogP contribution in [0.2, 0.25) is 0 Å². The Balaban J connectivity index is 1.69. The van der Waals surface area contributed by atoms with Gasteiger partial charge < -0.3 is 9.64 Å². The van der Waals surface area contributed by atoms with Gasteiger partial charge in [0.1, 0.15) is 11.4 Å². The smallest absolute Gasteiger partial charge is 0.337 e. The van der Waals surface area contributed by atoms with Gasteiger partial charge in [-0.3, -0.25) is 0 Å². The Kier molecular flexibility index (Phi) is 7.58. The quantitative estimate of drug-likeness (QED) is 0.614. The van der Waals surface area contributed by atoms with Crippen molar-refractivity contribution in [2.24, 2.45) is 0 Å². The van der Waals surface area contributed by atoms with Gasteiger partial charge in [-0.2, -0.15) is 0 Å². The van der Waals surface area contributed by atoms with Gasteiger partial charge in [-0.05, 0) is 42.6 Å². The number of carbonyl (C=O) groups excluding carboxylic acids is 1. The number of carbonyl (C=O) groups is 1. The highest BCUT2D eigenvalue weighted by molar-refractivity contribution is 7.89. The minimum atomic E-state index is -3.67. The summed E-state index contributed by atoms with van der Waals surface area (Å²) in [6.07, 6.45) is 0.0542. The van der Waals surface area contributed by atoms with E-state index in [0.29, 0.717) is 43.6 Å². The highest BCUT2D eigenvalue weighted by Gasteiger charge is 2.29. The molecular weight excluding hydrogens is 407 g/mol. The van der Waals surface area contributed by atoms with Crippen LogP contribution in [-0.4, -0.2) is 52.2 Å². The van der Waals surface area contributed by atoms with E-state index in [4.69, 9.17) is 0 Å². The van der Waals surface area contributed by atoms with Crippen molar-refractivity contribution < 1.29 is 22.3 Å². The van der Waals surface area contributed by atoms with E-state index in [0.717, 1.165) is 5.56 Å². The zero-order chi connectivity index (χ0) is 21.6. The van der Waals surface area contributed by atoms with Crippen molar-refractivity contribution in [1.82, 2.24) is 9.62 Å². The Bertz CT molecular complexity index is 935. The first-order valence-electron chi connectivity index (χ1n) is 9.96. The number of ether oxygens (including phenoxy) is 1. The molecular formula is C22H27FN2O4S. The summed E-state index contributed by atoms with van der Waals surface area (Å²) in [5.41, 5.74) is 1.85. The number of esters is 1. The molecule has 2 aromatic rings. The topological polar surface area (TPSA) is 75.7 Å². The Morgan fingerprint density at radius 3 is 2.50 bits per heavy atom. The second kappa shape index (κ2) is 10.1. The van der Waals surface area contributed by atoms with Crippen molar-refractivity contribution in [2.75, 3.05) is 26.7 Å². The summed E-state index contributed by atoms with van der Waals surface area (Å²) < 4.78 is 47.1. The molecule has 1 saturated heterocycles. The van der Waals surface area contributed by atoms with E-state index >= 15 is 0 Å². The molecule has 0 radical (unpaired) electrons. The van der Waals surface area contributed by atoms with Crippen LogP contribution in [0.15, 0.2) is 54.6 Å². The van der Waals surface area contributed by atoms with Gasteiger partial charge >= 0.3 is 5.97 Å². The number of sulfonamides is 1. The minimum Gasteiger partial charge on any atom is -0.465 e. The lowest BCUT2D eigenvalue weighted by atomic mass is 10.1. The molecule has 0 aliphatic carbocycles. The van der Waals surface area contributed by atoms with Gasteiger partial charge in [0.05, 0.1) is 12.7 Å².